The van der Waals surface area contributed by atoms with Crippen LogP contribution in [0.4, 0.5) is 9.18 Å². The predicted octanol–water partition coefficient (Wildman–Crippen LogP) is -0.167. The number of imide groups is 1. The number of sulfonamides is 1. The summed E-state index contributed by atoms with van der Waals surface area (Å²) in [6.07, 6.45) is -1.30. The van der Waals surface area contributed by atoms with Gasteiger partial charge in [-0.05, 0) is 31.2 Å². The van der Waals surface area contributed by atoms with Crippen LogP contribution in [-0.4, -0.2) is 57.4 Å². The lowest BCUT2D eigenvalue weighted by Gasteiger charge is -2.18. The van der Waals surface area contributed by atoms with Crippen molar-refractivity contribution in [2.24, 2.45) is 0 Å². The van der Waals surface area contributed by atoms with Crippen LogP contribution in [0, 0.1) is 5.82 Å². The van der Waals surface area contributed by atoms with Crippen LogP contribution in [0.1, 0.15) is 6.92 Å². The number of carbonyl (C=O) groups is 3. The van der Waals surface area contributed by atoms with Crippen LogP contribution >= 0.6 is 0 Å². The maximum absolute atomic E-state index is 12.9. The maximum Gasteiger partial charge on any atom is 0.322 e. The lowest BCUT2D eigenvalue weighted by Crippen LogP contribution is -2.44. The molecular formula is C14H18FN3O6S. The molecule has 25 heavy (non-hydrogen) atoms. The van der Waals surface area contributed by atoms with Crippen LogP contribution in [0.3, 0.4) is 0 Å². The summed E-state index contributed by atoms with van der Waals surface area (Å²) < 4.78 is 42.8. The highest BCUT2D eigenvalue weighted by Crippen LogP contribution is 2.14. The minimum atomic E-state index is -4.03. The highest BCUT2D eigenvalue weighted by molar-refractivity contribution is 7.89. The van der Waals surface area contributed by atoms with E-state index in [2.05, 4.69) is 5.32 Å². The summed E-state index contributed by atoms with van der Waals surface area (Å²) in [5.41, 5.74) is 0. The summed E-state index contributed by atoms with van der Waals surface area (Å²) in [4.78, 5) is 34.2. The standard InChI is InChI=1S/C14H18FN3O6S/c1-9(13(20)17-14(21)16-2)24-12(19)8-18(3)25(22,23)11-6-4-10(15)5-7-11/h4-7,9H,8H2,1-3H3,(H2,16,17,20,21)/t9-/m0/s1. The third-order valence-electron chi connectivity index (χ3n) is 3.01. The van der Waals surface area contributed by atoms with Gasteiger partial charge < -0.3 is 10.1 Å². The summed E-state index contributed by atoms with van der Waals surface area (Å²) in [7, 11) is -1.59. The second-order valence-corrected chi connectivity index (χ2v) is 6.96. The average Bonchev–Trinajstić information content (AvgIpc) is 2.54. The first kappa shape index (κ1) is 20.5. The first-order chi connectivity index (χ1) is 11.6. The van der Waals surface area contributed by atoms with E-state index in [4.69, 9.17) is 4.74 Å². The van der Waals surface area contributed by atoms with Crippen LogP contribution in [-0.2, 0) is 24.3 Å². The normalized spacial score (nSPS) is 12.4. The topological polar surface area (TPSA) is 122 Å². The van der Waals surface area contributed by atoms with Crippen LogP contribution in [0.5, 0.6) is 0 Å². The van der Waals surface area contributed by atoms with Crippen molar-refractivity contribution < 1.29 is 31.9 Å². The fourth-order valence-electron chi connectivity index (χ4n) is 1.62. The Balaban J connectivity index is 2.68. The lowest BCUT2D eigenvalue weighted by molar-refractivity contribution is -0.154. The van der Waals surface area contributed by atoms with Crippen molar-refractivity contribution in [1.29, 1.82) is 0 Å². The number of esters is 1. The number of ether oxygens (including phenoxy) is 1. The van der Waals surface area contributed by atoms with E-state index >= 15 is 0 Å². The number of rotatable bonds is 6. The van der Waals surface area contributed by atoms with Crippen molar-refractivity contribution in [2.75, 3.05) is 20.6 Å². The second-order valence-electron chi connectivity index (χ2n) is 4.92. The van der Waals surface area contributed by atoms with E-state index in [-0.39, 0.29) is 4.90 Å². The zero-order valence-corrected chi connectivity index (χ0v) is 14.6. The molecule has 1 atom stereocenters. The summed E-state index contributed by atoms with van der Waals surface area (Å²) in [6, 6.07) is 3.30. The van der Waals surface area contributed by atoms with E-state index in [1.807, 2.05) is 5.32 Å². The van der Waals surface area contributed by atoms with E-state index in [1.165, 1.54) is 14.0 Å². The van der Waals surface area contributed by atoms with Gasteiger partial charge in [0.2, 0.25) is 10.0 Å². The lowest BCUT2D eigenvalue weighted by atomic mass is 10.4. The number of hydrogen-bond acceptors (Lipinski definition) is 6. The molecule has 11 heteroatoms. The summed E-state index contributed by atoms with van der Waals surface area (Å²) >= 11 is 0. The monoisotopic (exact) mass is 375 g/mol. The highest BCUT2D eigenvalue weighted by Gasteiger charge is 2.26. The molecule has 138 valence electrons. The quantitative estimate of drug-likeness (QED) is 0.666. The Morgan fingerprint density at radius 2 is 1.80 bits per heavy atom. The van der Waals surface area contributed by atoms with E-state index in [1.54, 1.807) is 0 Å². The van der Waals surface area contributed by atoms with Crippen molar-refractivity contribution in [2.45, 2.75) is 17.9 Å². The number of nitrogens with zero attached hydrogens (tertiary/aromatic N) is 1. The number of likely N-dealkylation sites (N-methyl/N-ethyl adjacent to an activating group) is 1. The predicted molar refractivity (Wildman–Crippen MR) is 84.4 cm³/mol. The first-order valence-electron chi connectivity index (χ1n) is 7.02. The van der Waals surface area contributed by atoms with Gasteiger partial charge in [-0.3, -0.25) is 14.9 Å². The summed E-state index contributed by atoms with van der Waals surface area (Å²) in [6.45, 7) is 0.557. The Morgan fingerprint density at radius 3 is 2.32 bits per heavy atom. The summed E-state index contributed by atoms with van der Waals surface area (Å²) in [5.74, 6) is -2.46. The minimum absolute atomic E-state index is 0.199. The molecule has 0 unspecified atom stereocenters. The number of nitrogens with one attached hydrogen (secondary N) is 2. The largest absolute Gasteiger partial charge is 0.452 e. The molecule has 0 aromatic heterocycles. The van der Waals surface area contributed by atoms with Crippen LogP contribution in [0.25, 0.3) is 0 Å². The van der Waals surface area contributed by atoms with Gasteiger partial charge in [0.05, 0.1) is 4.90 Å². The molecular weight excluding hydrogens is 357 g/mol. The van der Waals surface area contributed by atoms with Crippen molar-refractivity contribution in [3.05, 3.63) is 30.1 Å². The summed E-state index contributed by atoms with van der Waals surface area (Å²) in [5, 5.41) is 4.07. The van der Waals surface area contributed by atoms with Crippen molar-refractivity contribution in [3.8, 4) is 0 Å². The maximum atomic E-state index is 12.9. The fraction of sp³-hybridized carbons (Fsp3) is 0.357. The van der Waals surface area contributed by atoms with E-state index in [9.17, 15) is 27.2 Å². The van der Waals surface area contributed by atoms with Crippen LogP contribution < -0.4 is 10.6 Å². The van der Waals surface area contributed by atoms with Crippen molar-refractivity contribution in [3.63, 3.8) is 0 Å². The van der Waals surface area contributed by atoms with Crippen LogP contribution in [0.2, 0.25) is 0 Å². The number of urea groups is 1. The van der Waals surface area contributed by atoms with Gasteiger partial charge in [-0.15, -0.1) is 0 Å². The molecule has 0 radical (unpaired) electrons. The smallest absolute Gasteiger partial charge is 0.322 e. The number of halogens is 1. The Bertz CT molecular complexity index is 750. The van der Waals surface area contributed by atoms with Gasteiger partial charge in [0, 0.05) is 14.1 Å². The average molecular weight is 375 g/mol. The van der Waals surface area contributed by atoms with Crippen LogP contribution in [0.15, 0.2) is 29.2 Å². The van der Waals surface area contributed by atoms with Crippen molar-refractivity contribution >= 4 is 27.9 Å². The number of benzene rings is 1. The molecule has 9 nitrogen and oxygen atoms in total. The molecule has 1 rings (SSSR count). The molecule has 0 spiro atoms. The molecule has 1 aromatic rings. The van der Waals surface area contributed by atoms with Gasteiger partial charge in [-0.25, -0.2) is 17.6 Å². The minimum Gasteiger partial charge on any atom is -0.452 e. The Kier molecular flexibility index (Phi) is 7.00. The van der Waals surface area contributed by atoms with Gasteiger partial charge in [-0.1, -0.05) is 0 Å². The Morgan fingerprint density at radius 1 is 1.24 bits per heavy atom. The second kappa shape index (κ2) is 8.53. The Labute approximate surface area is 144 Å². The van der Waals surface area contributed by atoms with Gasteiger partial charge in [0.25, 0.3) is 5.91 Å². The molecule has 1 aromatic carbocycles. The van der Waals surface area contributed by atoms with Gasteiger partial charge >= 0.3 is 12.0 Å². The van der Waals surface area contributed by atoms with Gasteiger partial charge in [0.1, 0.15) is 12.4 Å². The number of hydrogen-bond donors (Lipinski definition) is 2. The highest BCUT2D eigenvalue weighted by atomic mass is 32.2. The fourth-order valence-corrected chi connectivity index (χ4v) is 2.73. The zero-order valence-electron chi connectivity index (χ0n) is 13.8. The third-order valence-corrected chi connectivity index (χ3v) is 4.83. The molecule has 0 fully saturated rings. The third kappa shape index (κ3) is 5.80. The molecule has 0 saturated carbocycles. The van der Waals surface area contributed by atoms with Crippen molar-refractivity contribution in [1.82, 2.24) is 14.9 Å². The molecule has 0 aliphatic carbocycles. The van der Waals surface area contributed by atoms with E-state index < -0.39 is 46.4 Å². The van der Waals surface area contributed by atoms with Gasteiger partial charge in [0.15, 0.2) is 6.10 Å². The van der Waals surface area contributed by atoms with E-state index in [0.29, 0.717) is 4.31 Å². The molecule has 0 saturated heterocycles. The molecule has 0 aliphatic rings. The SMILES string of the molecule is CNC(=O)NC(=O)[C@H](C)OC(=O)CN(C)S(=O)(=O)c1ccc(F)cc1. The molecule has 0 aliphatic heterocycles. The number of carbonyl (C=O) groups excluding carboxylic acids is 3. The van der Waals surface area contributed by atoms with Gasteiger partial charge in [-0.2, -0.15) is 4.31 Å². The molecule has 3 amide bonds. The molecule has 2 N–H and O–H groups in total. The molecule has 0 heterocycles. The molecule has 0 bridgehead atoms. The first-order valence-corrected chi connectivity index (χ1v) is 8.46. The number of amides is 3. The van der Waals surface area contributed by atoms with E-state index in [0.717, 1.165) is 31.3 Å². The Hall–Kier alpha value is -2.53. The zero-order chi connectivity index (χ0) is 19.2.